The molecule has 2 N–H and O–H groups in total. The highest BCUT2D eigenvalue weighted by Gasteiger charge is 2.41. The molecule has 0 spiro atoms. The predicted octanol–water partition coefficient (Wildman–Crippen LogP) is 1.41. The number of hydrogen-bond donors (Lipinski definition) is 2. The number of aryl methyl sites for hydroxylation is 1. The molecule has 0 aliphatic heterocycles. The second-order valence-corrected chi connectivity index (χ2v) is 5.63. The lowest BCUT2D eigenvalue weighted by atomic mass is 10.1. The van der Waals surface area contributed by atoms with Gasteiger partial charge in [0.05, 0.1) is 5.69 Å². The first-order chi connectivity index (χ1) is 8.06. The molecule has 0 bridgehead atoms. The van der Waals surface area contributed by atoms with Crippen molar-refractivity contribution in [3.05, 3.63) is 17.5 Å². The van der Waals surface area contributed by atoms with Crippen LogP contribution in [0.4, 0.5) is 0 Å². The maximum absolute atomic E-state index is 9.24. The molecule has 2 rings (SSSR count). The summed E-state index contributed by atoms with van der Waals surface area (Å²) >= 11 is 0. The van der Waals surface area contributed by atoms with E-state index < -0.39 is 0 Å². The molecule has 1 heterocycles. The van der Waals surface area contributed by atoms with Gasteiger partial charge in [0.15, 0.2) is 0 Å². The second kappa shape index (κ2) is 4.78. The molecule has 1 aliphatic rings. The van der Waals surface area contributed by atoms with Crippen molar-refractivity contribution in [2.24, 2.45) is 12.5 Å². The first-order valence-corrected chi connectivity index (χ1v) is 6.40. The maximum atomic E-state index is 9.24. The van der Waals surface area contributed by atoms with Gasteiger partial charge in [0.1, 0.15) is 0 Å². The number of hydrogen-bond acceptors (Lipinski definition) is 3. The molecule has 4 nitrogen and oxygen atoms in total. The highest BCUT2D eigenvalue weighted by Crippen LogP contribution is 2.44. The molecule has 1 fully saturated rings. The van der Waals surface area contributed by atoms with Crippen LogP contribution in [-0.2, 0) is 13.6 Å². The third-order valence-corrected chi connectivity index (χ3v) is 3.59. The molecule has 0 unspecified atom stereocenters. The average Bonchev–Trinajstić information content (AvgIpc) is 2.96. The van der Waals surface area contributed by atoms with Crippen molar-refractivity contribution in [1.82, 2.24) is 15.1 Å². The largest absolute Gasteiger partial charge is 0.396 e. The standard InChI is InChI=1S/C13H23N3O/c1-10(2)12-11(7-16(3)15-12)6-14-8-13(9-17)4-5-13/h7,10,14,17H,4-6,8-9H2,1-3H3. The summed E-state index contributed by atoms with van der Waals surface area (Å²) in [6.07, 6.45) is 4.39. The molecule has 0 atom stereocenters. The Morgan fingerprint density at radius 3 is 2.76 bits per heavy atom. The first-order valence-electron chi connectivity index (χ1n) is 6.40. The van der Waals surface area contributed by atoms with Crippen molar-refractivity contribution >= 4 is 0 Å². The van der Waals surface area contributed by atoms with Gasteiger partial charge in [-0.25, -0.2) is 0 Å². The summed E-state index contributed by atoms with van der Waals surface area (Å²) in [4.78, 5) is 0. The van der Waals surface area contributed by atoms with Crippen LogP contribution in [0.3, 0.4) is 0 Å². The highest BCUT2D eigenvalue weighted by atomic mass is 16.3. The van der Waals surface area contributed by atoms with Crippen LogP contribution >= 0.6 is 0 Å². The van der Waals surface area contributed by atoms with Crippen molar-refractivity contribution in [2.75, 3.05) is 13.2 Å². The normalized spacial score (nSPS) is 17.7. The molecule has 0 amide bonds. The van der Waals surface area contributed by atoms with E-state index in [1.54, 1.807) is 0 Å². The molecule has 1 aliphatic carbocycles. The number of aliphatic hydroxyl groups is 1. The topological polar surface area (TPSA) is 50.1 Å². The molecular formula is C13H23N3O. The van der Waals surface area contributed by atoms with E-state index >= 15 is 0 Å². The minimum absolute atomic E-state index is 0.181. The van der Waals surface area contributed by atoms with E-state index in [0.717, 1.165) is 25.9 Å². The lowest BCUT2D eigenvalue weighted by molar-refractivity contribution is 0.207. The van der Waals surface area contributed by atoms with E-state index in [9.17, 15) is 5.11 Å². The summed E-state index contributed by atoms with van der Waals surface area (Å²) in [5.41, 5.74) is 2.63. The lowest BCUT2D eigenvalue weighted by Crippen LogP contribution is -2.26. The van der Waals surface area contributed by atoms with Gasteiger partial charge in [0.2, 0.25) is 0 Å². The van der Waals surface area contributed by atoms with Crippen LogP contribution in [0.25, 0.3) is 0 Å². The molecule has 0 saturated heterocycles. The Kier molecular flexibility index (Phi) is 3.54. The zero-order valence-corrected chi connectivity index (χ0v) is 11.0. The maximum Gasteiger partial charge on any atom is 0.0694 e. The van der Waals surface area contributed by atoms with Gasteiger partial charge in [-0.3, -0.25) is 4.68 Å². The quantitative estimate of drug-likeness (QED) is 0.786. The van der Waals surface area contributed by atoms with Crippen molar-refractivity contribution in [2.45, 2.75) is 39.2 Å². The molecule has 4 heteroatoms. The Morgan fingerprint density at radius 1 is 1.53 bits per heavy atom. The summed E-state index contributed by atoms with van der Waals surface area (Å²) in [7, 11) is 1.96. The Hall–Kier alpha value is -0.870. The summed E-state index contributed by atoms with van der Waals surface area (Å²) in [6.45, 7) is 6.41. The predicted molar refractivity (Wildman–Crippen MR) is 67.8 cm³/mol. The molecule has 96 valence electrons. The second-order valence-electron chi connectivity index (χ2n) is 5.63. The number of nitrogens with one attached hydrogen (secondary N) is 1. The Bertz CT molecular complexity index is 380. The summed E-state index contributed by atoms with van der Waals surface area (Å²) < 4.78 is 1.88. The summed E-state index contributed by atoms with van der Waals surface area (Å²) in [5, 5.41) is 17.2. The monoisotopic (exact) mass is 237 g/mol. The van der Waals surface area contributed by atoms with Gasteiger partial charge in [-0.2, -0.15) is 5.10 Å². The third kappa shape index (κ3) is 2.87. The molecule has 1 aromatic heterocycles. The van der Waals surface area contributed by atoms with Gasteiger partial charge < -0.3 is 10.4 Å². The van der Waals surface area contributed by atoms with Gasteiger partial charge in [-0.15, -0.1) is 0 Å². The Morgan fingerprint density at radius 2 is 2.24 bits per heavy atom. The van der Waals surface area contributed by atoms with E-state index in [1.165, 1.54) is 11.3 Å². The highest BCUT2D eigenvalue weighted by molar-refractivity contribution is 5.20. The van der Waals surface area contributed by atoms with Crippen LogP contribution in [0, 0.1) is 5.41 Å². The van der Waals surface area contributed by atoms with Crippen LogP contribution in [0.5, 0.6) is 0 Å². The summed E-state index contributed by atoms with van der Waals surface area (Å²) in [6, 6.07) is 0. The number of rotatable bonds is 6. The van der Waals surface area contributed by atoms with E-state index in [1.807, 2.05) is 11.7 Å². The Labute approximate surface area is 103 Å². The molecule has 1 aromatic rings. The fraction of sp³-hybridized carbons (Fsp3) is 0.769. The smallest absolute Gasteiger partial charge is 0.0694 e. The lowest BCUT2D eigenvalue weighted by Gasteiger charge is -2.13. The van der Waals surface area contributed by atoms with E-state index in [0.29, 0.717) is 12.5 Å². The zero-order chi connectivity index (χ0) is 12.5. The van der Waals surface area contributed by atoms with Crippen molar-refractivity contribution in [3.8, 4) is 0 Å². The number of aromatic nitrogens is 2. The van der Waals surface area contributed by atoms with Crippen LogP contribution in [0.1, 0.15) is 43.9 Å². The fourth-order valence-corrected chi connectivity index (χ4v) is 2.21. The van der Waals surface area contributed by atoms with Gasteiger partial charge >= 0.3 is 0 Å². The molecular weight excluding hydrogens is 214 g/mol. The van der Waals surface area contributed by atoms with Gasteiger partial charge in [0.25, 0.3) is 0 Å². The van der Waals surface area contributed by atoms with Gasteiger partial charge in [0, 0.05) is 43.9 Å². The summed E-state index contributed by atoms with van der Waals surface area (Å²) in [5.74, 6) is 0.459. The third-order valence-electron chi connectivity index (χ3n) is 3.59. The van der Waals surface area contributed by atoms with Crippen molar-refractivity contribution < 1.29 is 5.11 Å². The van der Waals surface area contributed by atoms with Crippen LogP contribution < -0.4 is 5.32 Å². The average molecular weight is 237 g/mol. The minimum atomic E-state index is 0.181. The van der Waals surface area contributed by atoms with Gasteiger partial charge in [-0.05, 0) is 18.8 Å². The van der Waals surface area contributed by atoms with E-state index in [2.05, 4.69) is 30.5 Å². The van der Waals surface area contributed by atoms with E-state index in [4.69, 9.17) is 0 Å². The fourth-order valence-electron chi connectivity index (χ4n) is 2.21. The molecule has 1 saturated carbocycles. The zero-order valence-electron chi connectivity index (χ0n) is 11.0. The molecule has 0 aromatic carbocycles. The van der Waals surface area contributed by atoms with Crippen molar-refractivity contribution in [3.63, 3.8) is 0 Å². The SMILES string of the molecule is CC(C)c1nn(C)cc1CNCC1(CO)CC1. The number of aliphatic hydroxyl groups excluding tert-OH is 1. The van der Waals surface area contributed by atoms with Gasteiger partial charge in [-0.1, -0.05) is 13.8 Å². The van der Waals surface area contributed by atoms with Crippen molar-refractivity contribution in [1.29, 1.82) is 0 Å². The minimum Gasteiger partial charge on any atom is -0.396 e. The first kappa shape index (κ1) is 12.6. The van der Waals surface area contributed by atoms with Crippen LogP contribution in [0.2, 0.25) is 0 Å². The molecule has 0 radical (unpaired) electrons. The molecule has 17 heavy (non-hydrogen) atoms. The Balaban J connectivity index is 1.90. The number of nitrogens with zero attached hydrogens (tertiary/aromatic N) is 2. The van der Waals surface area contributed by atoms with Crippen LogP contribution in [0.15, 0.2) is 6.20 Å². The van der Waals surface area contributed by atoms with E-state index in [-0.39, 0.29) is 5.41 Å². The van der Waals surface area contributed by atoms with Crippen LogP contribution in [-0.4, -0.2) is 28.0 Å².